The number of likely N-dealkylation sites (tertiary alicyclic amines) is 1. The standard InChI is InChI=1S/C20H25F3N4O/c1-11-8-14(20(21,22)23)9-16(28)17(11)18-12(2)13(3)19(26-25-18)24-15-6-5-7-27(4)10-15/h8-9,15,28H,5-7,10H2,1-4H3,(H,24,26). The summed E-state index contributed by atoms with van der Waals surface area (Å²) in [6.45, 7) is 7.27. The maximum Gasteiger partial charge on any atom is 0.416 e. The van der Waals surface area contributed by atoms with Gasteiger partial charge in [0, 0.05) is 18.2 Å². The molecule has 8 heteroatoms. The molecule has 0 spiro atoms. The molecule has 0 aliphatic carbocycles. The van der Waals surface area contributed by atoms with Crippen LogP contribution in [0.4, 0.5) is 19.0 Å². The van der Waals surface area contributed by atoms with Gasteiger partial charge >= 0.3 is 6.18 Å². The predicted molar refractivity (Wildman–Crippen MR) is 102 cm³/mol. The summed E-state index contributed by atoms with van der Waals surface area (Å²) in [6, 6.07) is 2.04. The number of nitrogens with zero attached hydrogens (tertiary/aromatic N) is 3. The van der Waals surface area contributed by atoms with Crippen molar-refractivity contribution >= 4 is 5.82 Å². The van der Waals surface area contributed by atoms with Crippen molar-refractivity contribution in [2.24, 2.45) is 0 Å². The number of phenols is 1. The molecule has 0 bridgehead atoms. The molecule has 0 amide bonds. The molecule has 28 heavy (non-hydrogen) atoms. The molecule has 1 aliphatic rings. The summed E-state index contributed by atoms with van der Waals surface area (Å²) in [4.78, 5) is 2.26. The van der Waals surface area contributed by atoms with Gasteiger partial charge in [0.15, 0.2) is 5.82 Å². The first-order valence-corrected chi connectivity index (χ1v) is 9.28. The van der Waals surface area contributed by atoms with Gasteiger partial charge in [0.2, 0.25) is 0 Å². The summed E-state index contributed by atoms with van der Waals surface area (Å²) < 4.78 is 38.9. The number of alkyl halides is 3. The van der Waals surface area contributed by atoms with Crippen LogP contribution in [0.2, 0.25) is 0 Å². The number of anilines is 1. The lowest BCUT2D eigenvalue weighted by Crippen LogP contribution is -2.40. The van der Waals surface area contributed by atoms with Crippen molar-refractivity contribution in [1.82, 2.24) is 15.1 Å². The molecule has 2 heterocycles. The Bertz CT molecular complexity index is 859. The molecule has 0 saturated carbocycles. The molecule has 1 saturated heterocycles. The number of aromatic hydroxyl groups is 1. The quantitative estimate of drug-likeness (QED) is 0.813. The minimum Gasteiger partial charge on any atom is -0.507 e. The fourth-order valence-corrected chi connectivity index (χ4v) is 3.70. The summed E-state index contributed by atoms with van der Waals surface area (Å²) in [7, 11) is 2.08. The van der Waals surface area contributed by atoms with Crippen molar-refractivity contribution in [3.63, 3.8) is 0 Å². The van der Waals surface area contributed by atoms with Crippen molar-refractivity contribution in [3.05, 3.63) is 34.4 Å². The number of rotatable bonds is 3. The molecule has 5 nitrogen and oxygen atoms in total. The Morgan fingerprint density at radius 1 is 1.14 bits per heavy atom. The fraction of sp³-hybridized carbons (Fsp3) is 0.500. The molecule has 0 radical (unpaired) electrons. The number of hydrogen-bond donors (Lipinski definition) is 2. The molecular weight excluding hydrogens is 369 g/mol. The van der Waals surface area contributed by atoms with Crippen molar-refractivity contribution < 1.29 is 18.3 Å². The van der Waals surface area contributed by atoms with Gasteiger partial charge in [-0.15, -0.1) is 10.2 Å². The van der Waals surface area contributed by atoms with Crippen LogP contribution >= 0.6 is 0 Å². The molecule has 1 aliphatic heterocycles. The first-order valence-electron chi connectivity index (χ1n) is 9.28. The van der Waals surface area contributed by atoms with Crippen LogP contribution in [0.25, 0.3) is 11.3 Å². The van der Waals surface area contributed by atoms with E-state index in [0.29, 0.717) is 17.1 Å². The number of piperidine rings is 1. The average molecular weight is 394 g/mol. The number of aromatic nitrogens is 2. The number of halogens is 3. The average Bonchev–Trinajstić information content (AvgIpc) is 2.59. The SMILES string of the molecule is Cc1cc(C(F)(F)F)cc(O)c1-c1nnc(NC2CCCN(C)C2)c(C)c1C. The topological polar surface area (TPSA) is 61.3 Å². The van der Waals surface area contributed by atoms with E-state index >= 15 is 0 Å². The van der Waals surface area contributed by atoms with E-state index < -0.39 is 17.5 Å². The van der Waals surface area contributed by atoms with Gasteiger partial charge in [-0.2, -0.15) is 13.2 Å². The van der Waals surface area contributed by atoms with Crippen LogP contribution in [0.3, 0.4) is 0 Å². The zero-order valence-corrected chi connectivity index (χ0v) is 16.5. The first-order chi connectivity index (χ1) is 13.1. The molecule has 2 aromatic rings. The van der Waals surface area contributed by atoms with Crippen molar-refractivity contribution in [1.29, 1.82) is 0 Å². The second-order valence-corrected chi connectivity index (χ2v) is 7.58. The van der Waals surface area contributed by atoms with Crippen LogP contribution in [-0.2, 0) is 6.18 Å². The second-order valence-electron chi connectivity index (χ2n) is 7.58. The number of benzene rings is 1. The highest BCUT2D eigenvalue weighted by Gasteiger charge is 2.32. The Kier molecular flexibility index (Phi) is 5.52. The summed E-state index contributed by atoms with van der Waals surface area (Å²) in [5.74, 6) is 0.226. The Morgan fingerprint density at radius 2 is 1.86 bits per heavy atom. The molecule has 1 aromatic heterocycles. The van der Waals surface area contributed by atoms with Crippen molar-refractivity contribution in [2.45, 2.75) is 45.8 Å². The van der Waals surface area contributed by atoms with E-state index in [2.05, 4.69) is 27.5 Å². The number of hydrogen-bond acceptors (Lipinski definition) is 5. The molecule has 3 rings (SSSR count). The number of likely N-dealkylation sites (N-methyl/N-ethyl adjacent to an activating group) is 1. The van der Waals surface area contributed by atoms with E-state index in [1.165, 1.54) is 6.92 Å². The molecule has 1 atom stereocenters. The monoisotopic (exact) mass is 394 g/mol. The third-order valence-corrected chi connectivity index (χ3v) is 5.37. The van der Waals surface area contributed by atoms with Gasteiger partial charge in [0.05, 0.1) is 5.56 Å². The Morgan fingerprint density at radius 3 is 2.46 bits per heavy atom. The van der Waals surface area contributed by atoms with E-state index in [0.717, 1.165) is 49.2 Å². The Labute approximate surface area is 162 Å². The summed E-state index contributed by atoms with van der Waals surface area (Å²) in [5.41, 5.74) is 1.75. The Balaban J connectivity index is 1.95. The third-order valence-electron chi connectivity index (χ3n) is 5.37. The van der Waals surface area contributed by atoms with E-state index in [4.69, 9.17) is 0 Å². The van der Waals surface area contributed by atoms with E-state index in [1.54, 1.807) is 0 Å². The highest BCUT2D eigenvalue weighted by molar-refractivity contribution is 5.75. The molecule has 1 aromatic carbocycles. The third kappa shape index (κ3) is 4.06. The lowest BCUT2D eigenvalue weighted by molar-refractivity contribution is -0.137. The van der Waals surface area contributed by atoms with Gasteiger partial charge in [0.25, 0.3) is 0 Å². The smallest absolute Gasteiger partial charge is 0.416 e. The molecule has 1 unspecified atom stereocenters. The normalized spacial score (nSPS) is 18.3. The molecule has 152 valence electrons. The molecular formula is C20H25F3N4O. The zero-order chi connectivity index (χ0) is 20.6. The summed E-state index contributed by atoms with van der Waals surface area (Å²) >= 11 is 0. The first kappa shape index (κ1) is 20.4. The van der Waals surface area contributed by atoms with Crippen molar-refractivity contribution in [3.8, 4) is 17.0 Å². The minimum atomic E-state index is -4.52. The van der Waals surface area contributed by atoms with E-state index in [1.807, 2.05) is 13.8 Å². The van der Waals surface area contributed by atoms with Gasteiger partial charge in [-0.05, 0) is 76.0 Å². The van der Waals surface area contributed by atoms with Gasteiger partial charge in [0.1, 0.15) is 11.4 Å². The zero-order valence-electron chi connectivity index (χ0n) is 16.5. The summed E-state index contributed by atoms with van der Waals surface area (Å²) in [5, 5.41) is 22.2. The lowest BCUT2D eigenvalue weighted by atomic mass is 9.96. The van der Waals surface area contributed by atoms with Crippen LogP contribution in [0, 0.1) is 20.8 Å². The lowest BCUT2D eigenvalue weighted by Gasteiger charge is -2.31. The summed E-state index contributed by atoms with van der Waals surface area (Å²) in [6.07, 6.45) is -2.36. The van der Waals surface area contributed by atoms with Gasteiger partial charge < -0.3 is 15.3 Å². The van der Waals surface area contributed by atoms with Crippen LogP contribution in [0.1, 0.15) is 35.1 Å². The van der Waals surface area contributed by atoms with Crippen LogP contribution in [-0.4, -0.2) is 46.4 Å². The van der Waals surface area contributed by atoms with Crippen LogP contribution in [0.5, 0.6) is 5.75 Å². The highest BCUT2D eigenvalue weighted by Crippen LogP contribution is 2.40. The molecule has 1 fully saturated rings. The highest BCUT2D eigenvalue weighted by atomic mass is 19.4. The van der Waals surface area contributed by atoms with Gasteiger partial charge in [-0.25, -0.2) is 0 Å². The Hall–Kier alpha value is -2.35. The van der Waals surface area contributed by atoms with Crippen LogP contribution in [0.15, 0.2) is 12.1 Å². The van der Waals surface area contributed by atoms with E-state index in [9.17, 15) is 18.3 Å². The largest absolute Gasteiger partial charge is 0.507 e. The minimum absolute atomic E-state index is 0.276. The maximum atomic E-state index is 13.0. The van der Waals surface area contributed by atoms with Crippen molar-refractivity contribution in [2.75, 3.05) is 25.5 Å². The maximum absolute atomic E-state index is 13.0. The predicted octanol–water partition coefficient (Wildman–Crippen LogP) is 4.30. The van der Waals surface area contributed by atoms with Gasteiger partial charge in [-0.3, -0.25) is 0 Å². The molecule has 2 N–H and O–H groups in total. The van der Waals surface area contributed by atoms with Crippen LogP contribution < -0.4 is 5.32 Å². The van der Waals surface area contributed by atoms with Gasteiger partial charge in [-0.1, -0.05) is 0 Å². The fourth-order valence-electron chi connectivity index (χ4n) is 3.70. The second kappa shape index (κ2) is 7.58. The number of nitrogens with one attached hydrogen (secondary N) is 1. The number of phenolic OH excluding ortho intramolecular Hbond substituents is 1. The van der Waals surface area contributed by atoms with E-state index in [-0.39, 0.29) is 11.6 Å². The number of aryl methyl sites for hydroxylation is 1.